The average molecular weight is 172 g/mol. The predicted molar refractivity (Wildman–Crippen MR) is 46.9 cm³/mol. The number of hydrogen-bond acceptors (Lipinski definition) is 2. The Morgan fingerprint density at radius 1 is 1.42 bits per heavy atom. The van der Waals surface area contributed by atoms with E-state index in [0.29, 0.717) is 0 Å². The molecule has 0 bridgehead atoms. The van der Waals surface area contributed by atoms with Crippen molar-refractivity contribution in [2.75, 3.05) is 0 Å². The molecule has 0 aromatic heterocycles. The monoisotopic (exact) mass is 172 g/mol. The molecule has 0 heterocycles. The molecule has 0 spiro atoms. The number of carboxylic acid groups (broad SMARTS) is 1. The van der Waals surface area contributed by atoms with Gasteiger partial charge in [-0.15, -0.1) is 0 Å². The van der Waals surface area contributed by atoms with E-state index in [2.05, 4.69) is 0 Å². The first-order chi connectivity index (χ1) is 5.54. The lowest BCUT2D eigenvalue weighted by Crippen LogP contribution is -2.11. The minimum Gasteiger partial charge on any atom is -0.481 e. The fraction of sp³-hybridized carbons (Fsp3) is 0.667. The summed E-state index contributed by atoms with van der Waals surface area (Å²) in [6.45, 7) is 3.66. The van der Waals surface area contributed by atoms with E-state index in [1.165, 1.54) is 0 Å². The maximum atomic E-state index is 10.1. The van der Waals surface area contributed by atoms with Gasteiger partial charge in [0.25, 0.3) is 0 Å². The number of aliphatic hydroxyl groups excluding tert-OH is 1. The Labute approximate surface area is 72.7 Å². The van der Waals surface area contributed by atoms with E-state index in [1.807, 2.05) is 6.92 Å². The fourth-order valence-electron chi connectivity index (χ4n) is 0.692. The first kappa shape index (κ1) is 11.2. The summed E-state index contributed by atoms with van der Waals surface area (Å²) in [7, 11) is 0. The molecule has 0 aliphatic heterocycles. The lowest BCUT2D eigenvalue weighted by molar-refractivity contribution is -0.136. The first-order valence-corrected chi connectivity index (χ1v) is 4.09. The number of aliphatic hydroxyl groups is 1. The number of rotatable bonds is 5. The molecule has 0 rings (SSSR count). The van der Waals surface area contributed by atoms with Gasteiger partial charge in [-0.3, -0.25) is 4.79 Å². The Hall–Kier alpha value is -0.830. The summed E-state index contributed by atoms with van der Waals surface area (Å²) < 4.78 is 0. The quantitative estimate of drug-likeness (QED) is 0.617. The molecule has 2 N–H and O–H groups in total. The summed E-state index contributed by atoms with van der Waals surface area (Å²) in [5.74, 6) is -0.633. The Balaban J connectivity index is 3.53. The van der Waals surface area contributed by atoms with E-state index in [1.54, 1.807) is 19.1 Å². The Kier molecular flexibility index (Phi) is 5.37. The van der Waals surface area contributed by atoms with E-state index >= 15 is 0 Å². The van der Waals surface area contributed by atoms with E-state index < -0.39 is 5.97 Å². The molecule has 0 aromatic rings. The highest BCUT2D eigenvalue weighted by Crippen LogP contribution is 2.07. The van der Waals surface area contributed by atoms with Crippen LogP contribution < -0.4 is 0 Å². The second kappa shape index (κ2) is 5.77. The normalized spacial score (nSPS) is 16.2. The van der Waals surface area contributed by atoms with Crippen molar-refractivity contribution in [1.82, 2.24) is 0 Å². The lowest BCUT2D eigenvalue weighted by atomic mass is 10.0. The lowest BCUT2D eigenvalue weighted by Gasteiger charge is -2.10. The van der Waals surface area contributed by atoms with Crippen molar-refractivity contribution in [3.8, 4) is 0 Å². The highest BCUT2D eigenvalue weighted by Gasteiger charge is 2.05. The van der Waals surface area contributed by atoms with Crippen molar-refractivity contribution in [2.24, 2.45) is 5.92 Å². The second-order valence-corrected chi connectivity index (χ2v) is 3.02. The average Bonchev–Trinajstić information content (AvgIpc) is 1.97. The van der Waals surface area contributed by atoms with Crippen LogP contribution in [0.3, 0.4) is 0 Å². The molecule has 70 valence electrons. The number of allylic oxidation sites excluding steroid dienone is 1. The van der Waals surface area contributed by atoms with Crippen LogP contribution in [-0.4, -0.2) is 22.3 Å². The number of aliphatic carboxylic acids is 1. The van der Waals surface area contributed by atoms with Crippen LogP contribution >= 0.6 is 0 Å². The minimum absolute atomic E-state index is 0.0620. The van der Waals surface area contributed by atoms with Gasteiger partial charge in [0.1, 0.15) is 0 Å². The first-order valence-electron chi connectivity index (χ1n) is 4.09. The van der Waals surface area contributed by atoms with E-state index in [9.17, 15) is 4.79 Å². The zero-order valence-corrected chi connectivity index (χ0v) is 7.53. The van der Waals surface area contributed by atoms with Gasteiger partial charge in [0.15, 0.2) is 0 Å². The molecular formula is C9H16O3. The highest BCUT2D eigenvalue weighted by atomic mass is 16.4. The Morgan fingerprint density at radius 3 is 2.42 bits per heavy atom. The van der Waals surface area contributed by atoms with E-state index in [-0.39, 0.29) is 18.4 Å². The van der Waals surface area contributed by atoms with Gasteiger partial charge in [0, 0.05) is 0 Å². The van der Waals surface area contributed by atoms with Gasteiger partial charge >= 0.3 is 5.97 Å². The summed E-state index contributed by atoms with van der Waals surface area (Å²) in [5, 5.41) is 17.4. The molecule has 3 nitrogen and oxygen atoms in total. The van der Waals surface area contributed by atoms with Crippen LogP contribution in [0.25, 0.3) is 0 Å². The SMILES string of the molecule is CC(C/C=C/CC(=O)O)[C@H](C)O. The Bertz CT molecular complexity index is 161. The third kappa shape index (κ3) is 5.92. The minimum atomic E-state index is -0.823. The third-order valence-electron chi connectivity index (χ3n) is 1.79. The molecule has 0 saturated carbocycles. The summed E-state index contributed by atoms with van der Waals surface area (Å²) >= 11 is 0. The topological polar surface area (TPSA) is 57.5 Å². The standard InChI is InChI=1S/C9H16O3/c1-7(8(2)10)5-3-4-6-9(11)12/h3-4,7-8,10H,5-6H2,1-2H3,(H,11,12)/b4-3+/t7?,8-/m0/s1. The molecule has 0 fully saturated rings. The molecule has 12 heavy (non-hydrogen) atoms. The zero-order valence-electron chi connectivity index (χ0n) is 7.53. The number of carbonyl (C=O) groups is 1. The molecule has 3 heteroatoms. The van der Waals surface area contributed by atoms with Gasteiger partial charge in [0.2, 0.25) is 0 Å². The van der Waals surface area contributed by atoms with Crippen LogP contribution in [0.2, 0.25) is 0 Å². The maximum Gasteiger partial charge on any atom is 0.307 e. The van der Waals surface area contributed by atoms with Crippen LogP contribution in [0.4, 0.5) is 0 Å². The molecule has 2 atom stereocenters. The summed E-state index contributed by atoms with van der Waals surface area (Å²) in [4.78, 5) is 10.1. The molecule has 0 amide bonds. The second-order valence-electron chi connectivity index (χ2n) is 3.02. The molecule has 0 aliphatic carbocycles. The van der Waals surface area contributed by atoms with Crippen LogP contribution in [-0.2, 0) is 4.79 Å². The molecular weight excluding hydrogens is 156 g/mol. The van der Waals surface area contributed by atoms with Crippen molar-refractivity contribution in [1.29, 1.82) is 0 Å². The van der Waals surface area contributed by atoms with Gasteiger partial charge < -0.3 is 10.2 Å². The highest BCUT2D eigenvalue weighted by molar-refractivity contribution is 5.68. The van der Waals surface area contributed by atoms with E-state index in [0.717, 1.165) is 6.42 Å². The van der Waals surface area contributed by atoms with Crippen molar-refractivity contribution in [2.45, 2.75) is 32.8 Å². The largest absolute Gasteiger partial charge is 0.481 e. The molecule has 0 aromatic carbocycles. The van der Waals surface area contributed by atoms with Gasteiger partial charge in [-0.25, -0.2) is 0 Å². The Morgan fingerprint density at radius 2 is 2.00 bits per heavy atom. The summed E-state index contributed by atoms with van der Waals surface area (Å²) in [6.07, 6.45) is 3.86. The number of hydrogen-bond donors (Lipinski definition) is 2. The smallest absolute Gasteiger partial charge is 0.307 e. The van der Waals surface area contributed by atoms with Gasteiger partial charge in [-0.05, 0) is 19.3 Å². The van der Waals surface area contributed by atoms with Crippen LogP contribution in [0.1, 0.15) is 26.7 Å². The van der Waals surface area contributed by atoms with Crippen molar-refractivity contribution >= 4 is 5.97 Å². The summed E-state index contributed by atoms with van der Waals surface area (Å²) in [5.41, 5.74) is 0. The maximum absolute atomic E-state index is 10.1. The van der Waals surface area contributed by atoms with Crippen LogP contribution in [0, 0.1) is 5.92 Å². The molecule has 1 unspecified atom stereocenters. The van der Waals surface area contributed by atoms with Crippen molar-refractivity contribution in [3.05, 3.63) is 12.2 Å². The summed E-state index contributed by atoms with van der Waals surface area (Å²) in [6, 6.07) is 0. The van der Waals surface area contributed by atoms with Crippen LogP contribution in [0.15, 0.2) is 12.2 Å². The third-order valence-corrected chi connectivity index (χ3v) is 1.79. The fourth-order valence-corrected chi connectivity index (χ4v) is 0.692. The van der Waals surface area contributed by atoms with Gasteiger partial charge in [-0.1, -0.05) is 19.1 Å². The van der Waals surface area contributed by atoms with Gasteiger partial charge in [-0.2, -0.15) is 0 Å². The molecule has 0 saturated heterocycles. The van der Waals surface area contributed by atoms with Crippen molar-refractivity contribution < 1.29 is 15.0 Å². The number of carboxylic acids is 1. The zero-order chi connectivity index (χ0) is 9.56. The van der Waals surface area contributed by atoms with E-state index in [4.69, 9.17) is 10.2 Å². The van der Waals surface area contributed by atoms with Crippen LogP contribution in [0.5, 0.6) is 0 Å². The molecule has 0 aliphatic rings. The van der Waals surface area contributed by atoms with Crippen molar-refractivity contribution in [3.63, 3.8) is 0 Å². The predicted octanol–water partition coefficient (Wildman–Crippen LogP) is 1.42. The molecule has 0 radical (unpaired) electrons. The van der Waals surface area contributed by atoms with Gasteiger partial charge in [0.05, 0.1) is 12.5 Å².